The molecule has 1 aromatic carbocycles. The van der Waals surface area contributed by atoms with E-state index >= 15 is 0 Å². The van der Waals surface area contributed by atoms with Gasteiger partial charge in [0, 0.05) is 24.6 Å². The molecule has 3 heterocycles. The molecule has 4 rings (SSSR count). The molecule has 0 unspecified atom stereocenters. The summed E-state index contributed by atoms with van der Waals surface area (Å²) in [5, 5.41) is 4.25. The summed E-state index contributed by atoms with van der Waals surface area (Å²) in [5.74, 6) is 1.81. The molecular weight excluding hydrogens is 290 g/mol. The molecular formula is C18H23N3O2. The molecule has 3 atom stereocenters. The monoisotopic (exact) mass is 313 g/mol. The molecule has 0 aliphatic carbocycles. The van der Waals surface area contributed by atoms with E-state index < -0.39 is 0 Å². The zero-order valence-electron chi connectivity index (χ0n) is 13.5. The van der Waals surface area contributed by atoms with E-state index in [0.717, 1.165) is 12.2 Å². The standard InChI is InChI=1S/C18H23N3O2/c1-2-22-12-17-19-18(20-23-17)14-11-16(13-7-4-3-5-8-13)21-10-6-9-15(14)21/h3-5,7-8,14-16H,2,6,9-12H2,1H3/t14-,15+,16-/m0/s1. The summed E-state index contributed by atoms with van der Waals surface area (Å²) in [6, 6.07) is 11.8. The highest BCUT2D eigenvalue weighted by Gasteiger charge is 2.46. The van der Waals surface area contributed by atoms with E-state index in [0.29, 0.717) is 37.1 Å². The van der Waals surface area contributed by atoms with Crippen LogP contribution in [-0.4, -0.2) is 34.2 Å². The van der Waals surface area contributed by atoms with Crippen LogP contribution in [0.1, 0.15) is 55.4 Å². The zero-order valence-corrected chi connectivity index (χ0v) is 13.5. The van der Waals surface area contributed by atoms with E-state index in [1.807, 2.05) is 6.92 Å². The normalized spacial score (nSPS) is 27.4. The molecule has 2 aliphatic heterocycles. The quantitative estimate of drug-likeness (QED) is 0.847. The molecule has 2 aliphatic rings. The van der Waals surface area contributed by atoms with Gasteiger partial charge < -0.3 is 9.26 Å². The highest BCUT2D eigenvalue weighted by molar-refractivity contribution is 5.24. The first-order chi connectivity index (χ1) is 11.4. The van der Waals surface area contributed by atoms with Crippen molar-refractivity contribution in [3.8, 4) is 0 Å². The van der Waals surface area contributed by atoms with Gasteiger partial charge in [-0.1, -0.05) is 35.5 Å². The van der Waals surface area contributed by atoms with Crippen LogP contribution in [0.2, 0.25) is 0 Å². The van der Waals surface area contributed by atoms with Crippen molar-refractivity contribution in [3.63, 3.8) is 0 Å². The number of nitrogens with zero attached hydrogens (tertiary/aromatic N) is 3. The SMILES string of the molecule is CCOCc1nc([C@H]2C[C@@H](c3ccccc3)N3CCC[C@H]23)no1. The van der Waals surface area contributed by atoms with Gasteiger partial charge in [0.1, 0.15) is 6.61 Å². The summed E-state index contributed by atoms with van der Waals surface area (Å²) in [4.78, 5) is 7.23. The molecule has 0 amide bonds. The van der Waals surface area contributed by atoms with Crippen LogP contribution in [0.4, 0.5) is 0 Å². The van der Waals surface area contributed by atoms with E-state index in [9.17, 15) is 0 Å². The van der Waals surface area contributed by atoms with E-state index in [1.54, 1.807) is 0 Å². The highest BCUT2D eigenvalue weighted by Crippen LogP contribution is 2.48. The first-order valence-electron chi connectivity index (χ1n) is 8.57. The van der Waals surface area contributed by atoms with Crippen molar-refractivity contribution in [2.45, 2.75) is 50.8 Å². The predicted molar refractivity (Wildman–Crippen MR) is 85.9 cm³/mol. The molecule has 0 spiro atoms. The minimum Gasteiger partial charge on any atom is -0.372 e. The van der Waals surface area contributed by atoms with Gasteiger partial charge in [0.2, 0.25) is 0 Å². The lowest BCUT2D eigenvalue weighted by molar-refractivity contribution is 0.109. The fourth-order valence-corrected chi connectivity index (χ4v) is 4.11. The van der Waals surface area contributed by atoms with Gasteiger partial charge in [0.15, 0.2) is 5.82 Å². The van der Waals surface area contributed by atoms with E-state index in [1.165, 1.54) is 24.9 Å². The number of hydrogen-bond donors (Lipinski definition) is 0. The fraction of sp³-hybridized carbons (Fsp3) is 0.556. The molecule has 0 saturated carbocycles. The Labute approximate surface area is 136 Å². The van der Waals surface area contributed by atoms with Gasteiger partial charge in [-0.15, -0.1) is 0 Å². The van der Waals surface area contributed by atoms with Gasteiger partial charge in [-0.05, 0) is 38.3 Å². The van der Waals surface area contributed by atoms with E-state index in [2.05, 4.69) is 45.4 Å². The summed E-state index contributed by atoms with van der Waals surface area (Å²) in [5.41, 5.74) is 1.40. The molecule has 0 N–H and O–H groups in total. The van der Waals surface area contributed by atoms with Crippen molar-refractivity contribution in [2.75, 3.05) is 13.2 Å². The van der Waals surface area contributed by atoms with Crippen molar-refractivity contribution in [2.24, 2.45) is 0 Å². The lowest BCUT2D eigenvalue weighted by Gasteiger charge is -2.24. The lowest BCUT2D eigenvalue weighted by Crippen LogP contribution is -2.27. The maximum absolute atomic E-state index is 5.37. The maximum Gasteiger partial charge on any atom is 0.252 e. The first-order valence-corrected chi connectivity index (χ1v) is 8.57. The largest absolute Gasteiger partial charge is 0.372 e. The van der Waals surface area contributed by atoms with Crippen molar-refractivity contribution in [1.82, 2.24) is 15.0 Å². The van der Waals surface area contributed by atoms with Crippen molar-refractivity contribution >= 4 is 0 Å². The van der Waals surface area contributed by atoms with Crippen molar-refractivity contribution in [3.05, 3.63) is 47.6 Å². The van der Waals surface area contributed by atoms with Crippen LogP contribution in [-0.2, 0) is 11.3 Å². The van der Waals surface area contributed by atoms with E-state index in [4.69, 9.17) is 9.26 Å². The Morgan fingerprint density at radius 3 is 3.00 bits per heavy atom. The number of hydrogen-bond acceptors (Lipinski definition) is 5. The third-order valence-electron chi connectivity index (χ3n) is 5.11. The Hall–Kier alpha value is -1.72. The van der Waals surface area contributed by atoms with Gasteiger partial charge in [-0.2, -0.15) is 4.98 Å². The van der Waals surface area contributed by atoms with Gasteiger partial charge in [0.25, 0.3) is 5.89 Å². The molecule has 122 valence electrons. The molecule has 2 fully saturated rings. The zero-order chi connectivity index (χ0) is 15.6. The number of aromatic nitrogens is 2. The van der Waals surface area contributed by atoms with Crippen LogP contribution in [0.25, 0.3) is 0 Å². The predicted octanol–water partition coefficient (Wildman–Crippen LogP) is 3.30. The van der Waals surface area contributed by atoms with Crippen LogP contribution in [0, 0.1) is 0 Å². The Morgan fingerprint density at radius 2 is 2.17 bits per heavy atom. The highest BCUT2D eigenvalue weighted by atomic mass is 16.5. The summed E-state index contributed by atoms with van der Waals surface area (Å²) >= 11 is 0. The Kier molecular flexibility index (Phi) is 4.14. The van der Waals surface area contributed by atoms with Crippen LogP contribution in [0.3, 0.4) is 0 Å². The molecule has 5 heteroatoms. The van der Waals surface area contributed by atoms with E-state index in [-0.39, 0.29) is 0 Å². The average molecular weight is 313 g/mol. The van der Waals surface area contributed by atoms with Crippen LogP contribution in [0.5, 0.6) is 0 Å². The Morgan fingerprint density at radius 1 is 1.30 bits per heavy atom. The number of benzene rings is 1. The second kappa shape index (κ2) is 6.42. The molecule has 5 nitrogen and oxygen atoms in total. The smallest absolute Gasteiger partial charge is 0.252 e. The minimum atomic E-state index is 0.363. The summed E-state index contributed by atoms with van der Waals surface area (Å²) in [6.07, 6.45) is 3.56. The van der Waals surface area contributed by atoms with Crippen LogP contribution in [0.15, 0.2) is 34.9 Å². The molecule has 1 aromatic heterocycles. The molecule has 0 bridgehead atoms. The van der Waals surface area contributed by atoms with Crippen LogP contribution < -0.4 is 0 Å². The van der Waals surface area contributed by atoms with Crippen molar-refractivity contribution in [1.29, 1.82) is 0 Å². The van der Waals surface area contributed by atoms with Crippen LogP contribution >= 0.6 is 0 Å². The Balaban J connectivity index is 1.56. The fourth-order valence-electron chi connectivity index (χ4n) is 4.11. The van der Waals surface area contributed by atoms with Gasteiger partial charge >= 0.3 is 0 Å². The molecule has 2 saturated heterocycles. The third kappa shape index (κ3) is 2.79. The maximum atomic E-state index is 5.37. The summed E-state index contributed by atoms with van der Waals surface area (Å²) in [6.45, 7) is 4.21. The average Bonchev–Trinajstić information content (AvgIpc) is 3.29. The first kappa shape index (κ1) is 14.8. The summed E-state index contributed by atoms with van der Waals surface area (Å²) in [7, 11) is 0. The second-order valence-electron chi connectivity index (χ2n) is 6.40. The molecule has 0 radical (unpaired) electrons. The van der Waals surface area contributed by atoms with Gasteiger partial charge in [-0.25, -0.2) is 0 Å². The Bertz CT molecular complexity index is 643. The van der Waals surface area contributed by atoms with Crippen molar-refractivity contribution < 1.29 is 9.26 Å². The molecule has 23 heavy (non-hydrogen) atoms. The molecule has 2 aromatic rings. The van der Waals surface area contributed by atoms with Gasteiger partial charge in [-0.3, -0.25) is 4.90 Å². The topological polar surface area (TPSA) is 51.4 Å². The second-order valence-corrected chi connectivity index (χ2v) is 6.40. The number of fused-ring (bicyclic) bond motifs is 1. The summed E-state index contributed by atoms with van der Waals surface area (Å²) < 4.78 is 10.7. The van der Waals surface area contributed by atoms with Gasteiger partial charge in [0.05, 0.1) is 0 Å². The third-order valence-corrected chi connectivity index (χ3v) is 5.11. The minimum absolute atomic E-state index is 0.363. The lowest BCUT2D eigenvalue weighted by atomic mass is 9.94. The number of ether oxygens (including phenoxy) is 1. The number of rotatable bonds is 5.